The molecule has 0 radical (unpaired) electrons. The van der Waals surface area contributed by atoms with Crippen LogP contribution in [0.4, 0.5) is 4.39 Å². The molecule has 8 heteroatoms. The molecule has 0 spiro atoms. The summed E-state index contributed by atoms with van der Waals surface area (Å²) in [6.07, 6.45) is 5.27. The van der Waals surface area contributed by atoms with Crippen LogP contribution in [0.1, 0.15) is 42.4 Å². The number of carboxylic acids is 1. The van der Waals surface area contributed by atoms with Gasteiger partial charge in [-0.1, -0.05) is 48.4 Å². The van der Waals surface area contributed by atoms with Crippen molar-refractivity contribution in [1.82, 2.24) is 10.3 Å². The first-order chi connectivity index (χ1) is 17.9. The molecule has 3 N–H and O–H groups in total. The van der Waals surface area contributed by atoms with E-state index >= 15 is 0 Å². The highest BCUT2D eigenvalue weighted by molar-refractivity contribution is 5.71. The number of halogens is 1. The van der Waals surface area contributed by atoms with E-state index in [1.165, 1.54) is 17.3 Å². The number of aromatic hydroxyl groups is 1. The molecule has 1 aliphatic rings. The molecule has 1 fully saturated rings. The van der Waals surface area contributed by atoms with Gasteiger partial charge < -0.3 is 20.3 Å². The summed E-state index contributed by atoms with van der Waals surface area (Å²) in [4.78, 5) is 22.8. The summed E-state index contributed by atoms with van der Waals surface area (Å²) in [6.45, 7) is -0.302. The lowest BCUT2D eigenvalue weighted by atomic mass is 9.84. The molecule has 1 heterocycles. The number of carbonyl (C=O) groups excluding carboxylic acids is 1. The fourth-order valence-electron chi connectivity index (χ4n) is 3.85. The Morgan fingerprint density at radius 3 is 2.38 bits per heavy atom. The van der Waals surface area contributed by atoms with E-state index < -0.39 is 17.7 Å². The Morgan fingerprint density at radius 1 is 1.11 bits per heavy atom. The first-order valence-corrected chi connectivity index (χ1v) is 11.9. The van der Waals surface area contributed by atoms with Gasteiger partial charge in [0.25, 0.3) is 0 Å². The van der Waals surface area contributed by atoms with Crippen molar-refractivity contribution in [3.05, 3.63) is 89.7 Å². The van der Waals surface area contributed by atoms with Crippen LogP contribution in [0.2, 0.25) is 0 Å². The van der Waals surface area contributed by atoms with Gasteiger partial charge in [0.1, 0.15) is 24.2 Å². The number of carbonyl (C=O) groups is 2. The van der Waals surface area contributed by atoms with Gasteiger partial charge in [-0.3, -0.25) is 14.6 Å². The largest absolute Gasteiger partial charge is 0.506 e. The Kier molecular flexibility index (Phi) is 10.0. The first-order valence-electron chi connectivity index (χ1n) is 11.9. The quantitative estimate of drug-likeness (QED) is 0.328. The van der Waals surface area contributed by atoms with Crippen LogP contribution in [-0.4, -0.2) is 45.9 Å². The highest BCUT2D eigenvalue weighted by Crippen LogP contribution is 2.34. The number of hydrogen-bond donors (Lipinski definition) is 3. The maximum Gasteiger partial charge on any atom is 0.322 e. The maximum atomic E-state index is 13.8. The van der Waals surface area contributed by atoms with E-state index in [9.17, 15) is 19.1 Å². The van der Waals surface area contributed by atoms with Gasteiger partial charge in [-0.15, -0.1) is 0 Å². The van der Waals surface area contributed by atoms with Crippen LogP contribution in [0.15, 0.2) is 73.1 Å². The fourth-order valence-corrected chi connectivity index (χ4v) is 3.85. The summed E-state index contributed by atoms with van der Waals surface area (Å²) >= 11 is 0. The number of rotatable bonds is 7. The average molecular weight is 505 g/mol. The number of aromatic nitrogens is 1. The number of carboxylic acid groups (broad SMARTS) is 1. The Labute approximate surface area is 215 Å². The molecule has 0 atom stereocenters. The minimum Gasteiger partial charge on any atom is -0.506 e. The molecule has 3 aromatic rings. The Hall–Kier alpha value is -4.38. The molecule has 1 aromatic heterocycles. The second-order valence-electron chi connectivity index (χ2n) is 8.65. The van der Waals surface area contributed by atoms with Gasteiger partial charge in [0.15, 0.2) is 5.60 Å². The van der Waals surface area contributed by atoms with E-state index in [1.54, 1.807) is 12.3 Å². The summed E-state index contributed by atoms with van der Waals surface area (Å²) < 4.78 is 20.1. The lowest BCUT2D eigenvalue weighted by Crippen LogP contribution is -2.39. The minimum atomic E-state index is -1.04. The van der Waals surface area contributed by atoms with Crippen molar-refractivity contribution in [2.45, 2.75) is 43.9 Å². The summed E-state index contributed by atoms with van der Waals surface area (Å²) in [7, 11) is 0. The highest BCUT2D eigenvalue weighted by Gasteiger charge is 2.36. The van der Waals surface area contributed by atoms with Crippen LogP contribution in [0.3, 0.4) is 0 Å². The van der Waals surface area contributed by atoms with Crippen LogP contribution in [0.25, 0.3) is 0 Å². The summed E-state index contributed by atoms with van der Waals surface area (Å²) in [5, 5.41) is 19.4. The maximum absolute atomic E-state index is 13.8. The molecule has 7 nitrogen and oxygen atoms in total. The van der Waals surface area contributed by atoms with Gasteiger partial charge in [-0.25, -0.2) is 4.39 Å². The highest BCUT2D eigenvalue weighted by atomic mass is 19.1. The van der Waals surface area contributed by atoms with Crippen molar-refractivity contribution in [3.8, 4) is 23.3 Å². The number of aliphatic carboxylic acids is 1. The molecule has 4 rings (SSSR count). The fraction of sp³-hybridized carbons (Fsp3) is 0.276. The number of benzene rings is 2. The number of hydrogen-bond acceptors (Lipinski definition) is 5. The van der Waals surface area contributed by atoms with E-state index in [0.29, 0.717) is 37.7 Å². The Balaban J connectivity index is 0.000000479. The van der Waals surface area contributed by atoms with Crippen molar-refractivity contribution in [3.63, 3.8) is 0 Å². The lowest BCUT2D eigenvalue weighted by Gasteiger charge is -2.34. The smallest absolute Gasteiger partial charge is 0.322 e. The zero-order chi connectivity index (χ0) is 26.5. The summed E-state index contributed by atoms with van der Waals surface area (Å²) in [5.41, 5.74) is 2.33. The number of amides is 1. The Morgan fingerprint density at radius 2 is 1.78 bits per heavy atom. The third-order valence-electron chi connectivity index (χ3n) is 5.71. The molecule has 192 valence electrons. The van der Waals surface area contributed by atoms with Gasteiger partial charge in [0.2, 0.25) is 6.41 Å². The van der Waals surface area contributed by atoms with Crippen LogP contribution < -0.4 is 10.1 Å². The van der Waals surface area contributed by atoms with E-state index in [0.717, 1.165) is 12.2 Å². The molecule has 1 aliphatic carbocycles. The molecule has 0 bridgehead atoms. The minimum absolute atomic E-state index is 0.0678. The van der Waals surface area contributed by atoms with Crippen LogP contribution in [0, 0.1) is 11.8 Å². The zero-order valence-electron chi connectivity index (χ0n) is 20.3. The third kappa shape index (κ3) is 9.30. The summed E-state index contributed by atoms with van der Waals surface area (Å²) in [6, 6.07) is 19.9. The monoisotopic (exact) mass is 504 g/mol. The molecular formula is C29H29FN2O5. The standard InChI is InChI=1S/C26H24FNO2.C3H5NO3/c27-23-11-14-26(15-12-23,13-10-22-17-24(29)19-28-18-22)30-25-8-6-21(7-9-25)16-20-4-2-1-3-5-20;5-2-4-1-3(6)7/h1-9,17-19,23,29H,11-12,14-16H2;2H,1H2,(H,4,5)(H,6,7). The normalized spacial score (nSPS) is 18.2. The van der Waals surface area contributed by atoms with Crippen molar-refractivity contribution in [1.29, 1.82) is 0 Å². The second-order valence-corrected chi connectivity index (χ2v) is 8.65. The van der Waals surface area contributed by atoms with E-state index in [1.807, 2.05) is 35.6 Å². The van der Waals surface area contributed by atoms with Crippen LogP contribution >= 0.6 is 0 Å². The molecule has 0 unspecified atom stereocenters. The predicted molar refractivity (Wildman–Crippen MR) is 137 cm³/mol. The average Bonchev–Trinajstić information content (AvgIpc) is 2.90. The molecule has 0 aliphatic heterocycles. The van der Waals surface area contributed by atoms with Gasteiger partial charge >= 0.3 is 5.97 Å². The topological polar surface area (TPSA) is 109 Å². The van der Waals surface area contributed by atoms with E-state index in [2.05, 4.69) is 41.1 Å². The second kappa shape index (κ2) is 13.6. The van der Waals surface area contributed by atoms with Gasteiger partial charge in [-0.05, 0) is 54.5 Å². The number of nitrogens with one attached hydrogen (secondary N) is 1. The number of pyridine rings is 1. The molecule has 1 saturated carbocycles. The van der Waals surface area contributed by atoms with Crippen molar-refractivity contribution in [2.75, 3.05) is 6.54 Å². The van der Waals surface area contributed by atoms with Gasteiger partial charge in [0.05, 0.1) is 6.20 Å². The molecule has 37 heavy (non-hydrogen) atoms. The Bertz CT molecular complexity index is 1210. The molecular weight excluding hydrogens is 475 g/mol. The zero-order valence-corrected chi connectivity index (χ0v) is 20.3. The van der Waals surface area contributed by atoms with Crippen molar-refractivity contribution in [2.24, 2.45) is 0 Å². The SMILES string of the molecule is O=CNCC(=O)O.Oc1cncc(C#CC2(Oc3ccc(Cc4ccccc4)cc3)CCC(F)CC2)c1. The molecule has 2 aromatic carbocycles. The van der Waals surface area contributed by atoms with Crippen LogP contribution in [-0.2, 0) is 16.0 Å². The van der Waals surface area contributed by atoms with Crippen LogP contribution in [0.5, 0.6) is 11.5 Å². The van der Waals surface area contributed by atoms with Crippen molar-refractivity contribution < 1.29 is 28.9 Å². The predicted octanol–water partition coefficient (Wildman–Crippen LogP) is 4.28. The number of nitrogens with zero attached hydrogens (tertiary/aromatic N) is 1. The number of ether oxygens (including phenoxy) is 1. The summed E-state index contributed by atoms with van der Waals surface area (Å²) in [5.74, 6) is 6.03. The van der Waals surface area contributed by atoms with Gasteiger partial charge in [-0.2, -0.15) is 0 Å². The van der Waals surface area contributed by atoms with E-state index in [4.69, 9.17) is 9.84 Å². The molecule has 0 saturated heterocycles. The third-order valence-corrected chi connectivity index (χ3v) is 5.71. The van der Waals surface area contributed by atoms with Crippen molar-refractivity contribution >= 4 is 12.4 Å². The number of alkyl halides is 1. The lowest BCUT2D eigenvalue weighted by molar-refractivity contribution is -0.136. The first kappa shape index (κ1) is 27.2. The van der Waals surface area contributed by atoms with Gasteiger partial charge in [0, 0.05) is 24.6 Å². The van der Waals surface area contributed by atoms with E-state index in [-0.39, 0.29) is 12.3 Å². The molecule has 1 amide bonds.